The smallest absolute Gasteiger partial charge is 0.304 e. The van der Waals surface area contributed by atoms with Gasteiger partial charge in [0.15, 0.2) is 0 Å². The van der Waals surface area contributed by atoms with E-state index in [-0.39, 0.29) is 12.3 Å². The van der Waals surface area contributed by atoms with E-state index in [1.54, 1.807) is 6.92 Å². The van der Waals surface area contributed by atoms with E-state index < -0.39 is 11.7 Å². The third-order valence-electron chi connectivity index (χ3n) is 3.31. The highest BCUT2D eigenvalue weighted by Crippen LogP contribution is 2.47. The minimum atomic E-state index is -4.11. The van der Waals surface area contributed by atoms with E-state index in [1.165, 1.54) is 0 Å². The molecule has 1 rings (SSSR count). The first-order valence-corrected chi connectivity index (χ1v) is 5.29. The largest absolute Gasteiger partial charge is 0.406 e. The summed E-state index contributed by atoms with van der Waals surface area (Å²) >= 11 is 0. The van der Waals surface area contributed by atoms with Crippen LogP contribution in [-0.4, -0.2) is 18.3 Å². The van der Waals surface area contributed by atoms with Gasteiger partial charge in [-0.25, -0.2) is 0 Å². The molecule has 0 heterocycles. The van der Waals surface area contributed by atoms with Gasteiger partial charge in [0.05, 0.1) is 0 Å². The fraction of sp³-hybridized carbons (Fsp3) is 1.00. The van der Waals surface area contributed by atoms with E-state index in [1.807, 2.05) is 6.92 Å². The minimum absolute atomic E-state index is 0.239. The molecular weight excluding hydrogens is 191 g/mol. The van der Waals surface area contributed by atoms with Crippen LogP contribution in [0.5, 0.6) is 0 Å². The standard InChI is InChI=1S/C10H18F3N/c1-3-8-6-5-7-9(8,14-4-2)10(11,12)13/h8,14H,3-7H2,1-2H3. The Morgan fingerprint density at radius 3 is 2.43 bits per heavy atom. The van der Waals surface area contributed by atoms with Crippen LogP contribution in [0, 0.1) is 5.92 Å². The number of rotatable bonds is 3. The molecule has 0 bridgehead atoms. The molecular formula is C10H18F3N. The summed E-state index contributed by atoms with van der Waals surface area (Å²) in [5.74, 6) is -0.248. The van der Waals surface area contributed by atoms with Crippen molar-refractivity contribution in [2.45, 2.75) is 51.2 Å². The molecule has 2 atom stereocenters. The molecule has 0 spiro atoms. The average Bonchev–Trinajstić information content (AvgIpc) is 2.48. The molecule has 0 radical (unpaired) electrons. The summed E-state index contributed by atoms with van der Waals surface area (Å²) in [5.41, 5.74) is -1.60. The Balaban J connectivity index is 2.91. The second-order valence-electron chi connectivity index (χ2n) is 4.00. The predicted molar refractivity (Wildman–Crippen MR) is 50.1 cm³/mol. The van der Waals surface area contributed by atoms with Gasteiger partial charge in [0.2, 0.25) is 0 Å². The highest BCUT2D eigenvalue weighted by molar-refractivity contribution is 5.03. The number of nitrogens with one attached hydrogen (secondary N) is 1. The molecule has 1 N–H and O–H groups in total. The summed E-state index contributed by atoms with van der Waals surface area (Å²) in [6.07, 6.45) is -1.89. The van der Waals surface area contributed by atoms with Crippen LogP contribution in [0.25, 0.3) is 0 Å². The Kier molecular flexibility index (Phi) is 3.45. The van der Waals surface area contributed by atoms with Crippen molar-refractivity contribution in [1.82, 2.24) is 5.32 Å². The fourth-order valence-electron chi connectivity index (χ4n) is 2.65. The zero-order valence-electron chi connectivity index (χ0n) is 8.75. The molecule has 0 amide bonds. The van der Waals surface area contributed by atoms with E-state index in [4.69, 9.17) is 0 Å². The van der Waals surface area contributed by atoms with E-state index in [0.29, 0.717) is 25.8 Å². The van der Waals surface area contributed by atoms with E-state index in [2.05, 4.69) is 5.32 Å². The van der Waals surface area contributed by atoms with Crippen molar-refractivity contribution in [3.63, 3.8) is 0 Å². The summed E-state index contributed by atoms with van der Waals surface area (Å²) in [6.45, 7) is 3.96. The van der Waals surface area contributed by atoms with Gasteiger partial charge >= 0.3 is 6.18 Å². The minimum Gasteiger partial charge on any atom is -0.304 e. The highest BCUT2D eigenvalue weighted by atomic mass is 19.4. The maximum Gasteiger partial charge on any atom is 0.406 e. The Morgan fingerprint density at radius 1 is 1.36 bits per heavy atom. The zero-order valence-corrected chi connectivity index (χ0v) is 8.75. The van der Waals surface area contributed by atoms with Gasteiger partial charge in [0.25, 0.3) is 0 Å². The lowest BCUT2D eigenvalue weighted by Gasteiger charge is -2.37. The van der Waals surface area contributed by atoms with Crippen molar-refractivity contribution in [2.24, 2.45) is 5.92 Å². The molecule has 0 aromatic heterocycles. The maximum absolute atomic E-state index is 13.0. The molecule has 0 aromatic rings. The molecule has 0 saturated heterocycles. The Bertz CT molecular complexity index is 190. The Labute approximate surface area is 83.1 Å². The van der Waals surface area contributed by atoms with Crippen LogP contribution >= 0.6 is 0 Å². The van der Waals surface area contributed by atoms with Crippen LogP contribution in [0.15, 0.2) is 0 Å². The van der Waals surface area contributed by atoms with Crippen molar-refractivity contribution in [2.75, 3.05) is 6.54 Å². The summed E-state index contributed by atoms with van der Waals surface area (Å²) in [7, 11) is 0. The monoisotopic (exact) mass is 209 g/mol. The predicted octanol–water partition coefficient (Wildman–Crippen LogP) is 3.11. The SMILES string of the molecule is CCNC1(C(F)(F)F)CCCC1CC. The molecule has 0 aliphatic heterocycles. The summed E-state index contributed by atoms with van der Waals surface area (Å²) in [4.78, 5) is 0. The van der Waals surface area contributed by atoms with Gasteiger partial charge in [-0.1, -0.05) is 26.7 Å². The van der Waals surface area contributed by atoms with E-state index >= 15 is 0 Å². The van der Waals surface area contributed by atoms with Gasteiger partial charge in [-0.2, -0.15) is 13.2 Å². The third kappa shape index (κ3) is 1.76. The van der Waals surface area contributed by atoms with Gasteiger partial charge in [0, 0.05) is 0 Å². The van der Waals surface area contributed by atoms with Crippen molar-refractivity contribution in [3.05, 3.63) is 0 Å². The lowest BCUT2D eigenvalue weighted by Crippen LogP contribution is -2.59. The van der Waals surface area contributed by atoms with Crippen LogP contribution < -0.4 is 5.32 Å². The number of halogens is 3. The Morgan fingerprint density at radius 2 is 2.00 bits per heavy atom. The maximum atomic E-state index is 13.0. The molecule has 1 fully saturated rings. The quantitative estimate of drug-likeness (QED) is 0.753. The van der Waals surface area contributed by atoms with Crippen LogP contribution in [0.4, 0.5) is 13.2 Å². The molecule has 1 aliphatic carbocycles. The van der Waals surface area contributed by atoms with Crippen LogP contribution in [0.3, 0.4) is 0 Å². The Hall–Kier alpha value is -0.250. The van der Waals surface area contributed by atoms with Gasteiger partial charge in [0.1, 0.15) is 5.54 Å². The first kappa shape index (κ1) is 11.8. The molecule has 84 valence electrons. The van der Waals surface area contributed by atoms with Crippen molar-refractivity contribution in [1.29, 1.82) is 0 Å². The summed E-state index contributed by atoms with van der Waals surface area (Å²) in [5, 5.41) is 2.67. The lowest BCUT2D eigenvalue weighted by atomic mass is 9.84. The third-order valence-corrected chi connectivity index (χ3v) is 3.31. The molecule has 0 aromatic carbocycles. The van der Waals surface area contributed by atoms with Crippen molar-refractivity contribution >= 4 is 0 Å². The van der Waals surface area contributed by atoms with Crippen molar-refractivity contribution in [3.8, 4) is 0 Å². The topological polar surface area (TPSA) is 12.0 Å². The second-order valence-corrected chi connectivity index (χ2v) is 4.00. The average molecular weight is 209 g/mol. The van der Waals surface area contributed by atoms with Crippen LogP contribution in [-0.2, 0) is 0 Å². The normalized spacial score (nSPS) is 33.6. The second kappa shape index (κ2) is 4.09. The zero-order chi connectivity index (χ0) is 10.8. The first-order valence-electron chi connectivity index (χ1n) is 5.29. The molecule has 2 unspecified atom stereocenters. The summed E-state index contributed by atoms with van der Waals surface area (Å²) < 4.78 is 38.9. The summed E-state index contributed by atoms with van der Waals surface area (Å²) in [6, 6.07) is 0. The van der Waals surface area contributed by atoms with Crippen molar-refractivity contribution < 1.29 is 13.2 Å². The molecule has 1 aliphatic rings. The number of hydrogen-bond donors (Lipinski definition) is 1. The van der Waals surface area contributed by atoms with E-state index in [0.717, 1.165) is 0 Å². The highest BCUT2D eigenvalue weighted by Gasteiger charge is 2.59. The number of alkyl halides is 3. The van der Waals surface area contributed by atoms with Crippen LogP contribution in [0.2, 0.25) is 0 Å². The molecule has 1 nitrogen and oxygen atoms in total. The van der Waals surface area contributed by atoms with Crippen LogP contribution in [0.1, 0.15) is 39.5 Å². The molecule has 1 saturated carbocycles. The van der Waals surface area contributed by atoms with Gasteiger partial charge < -0.3 is 5.32 Å². The first-order chi connectivity index (χ1) is 6.48. The lowest BCUT2D eigenvalue weighted by molar-refractivity contribution is -0.207. The fourth-order valence-corrected chi connectivity index (χ4v) is 2.65. The number of hydrogen-bond acceptors (Lipinski definition) is 1. The van der Waals surface area contributed by atoms with Gasteiger partial charge in [-0.15, -0.1) is 0 Å². The van der Waals surface area contributed by atoms with Gasteiger partial charge in [-0.05, 0) is 25.3 Å². The molecule has 4 heteroatoms. The molecule has 14 heavy (non-hydrogen) atoms. The van der Waals surface area contributed by atoms with Gasteiger partial charge in [-0.3, -0.25) is 0 Å². The van der Waals surface area contributed by atoms with E-state index in [9.17, 15) is 13.2 Å².